The standard InChI is InChI=1S/C22H18Cl2N2O9S/c1-11-3-4-12(7-18(11)26(31)32)19(27)10-35-22(30)17(5-6-36(2,33)34)25-20(28)13-8-15(23)16(24)9-14(13)21(25)29/h3-4,7-9,17H,5-6,10H2,1-2H3/t17-/m1/s1. The van der Waals surface area contributed by atoms with Crippen LogP contribution in [-0.2, 0) is 19.4 Å². The van der Waals surface area contributed by atoms with Gasteiger partial charge in [-0.1, -0.05) is 35.3 Å². The van der Waals surface area contributed by atoms with E-state index in [0.717, 1.165) is 24.5 Å². The normalized spacial score (nSPS) is 13.9. The zero-order chi connectivity index (χ0) is 26.9. The largest absolute Gasteiger partial charge is 0.456 e. The highest BCUT2D eigenvalue weighted by molar-refractivity contribution is 7.90. The number of aryl methyl sites for hydroxylation is 1. The van der Waals surface area contributed by atoms with Crippen molar-refractivity contribution in [3.63, 3.8) is 0 Å². The molecule has 0 spiro atoms. The molecular weight excluding hydrogens is 539 g/mol. The van der Waals surface area contributed by atoms with Crippen LogP contribution in [0.4, 0.5) is 5.69 Å². The molecule has 14 heteroatoms. The Bertz CT molecular complexity index is 1380. The minimum atomic E-state index is -3.62. The van der Waals surface area contributed by atoms with Crippen LogP contribution in [-0.4, -0.2) is 66.5 Å². The second-order valence-electron chi connectivity index (χ2n) is 8.02. The van der Waals surface area contributed by atoms with Crippen molar-refractivity contribution in [3.05, 3.63) is 72.7 Å². The Hall–Kier alpha value is -3.35. The summed E-state index contributed by atoms with van der Waals surface area (Å²) in [5.41, 5.74) is -0.344. The molecule has 36 heavy (non-hydrogen) atoms. The minimum absolute atomic E-state index is 0.00790. The van der Waals surface area contributed by atoms with Gasteiger partial charge in [0.1, 0.15) is 15.9 Å². The Morgan fingerprint density at radius 3 is 2.14 bits per heavy atom. The third kappa shape index (κ3) is 5.72. The van der Waals surface area contributed by atoms with E-state index in [-0.39, 0.29) is 32.4 Å². The predicted molar refractivity (Wildman–Crippen MR) is 128 cm³/mol. The molecule has 1 aliphatic rings. The predicted octanol–water partition coefficient (Wildman–Crippen LogP) is 3.04. The Kier molecular flexibility index (Phi) is 7.82. The SMILES string of the molecule is Cc1ccc(C(=O)COC(=O)[C@@H](CCS(C)(=O)=O)N2C(=O)c3cc(Cl)c(Cl)cc3C2=O)cc1[N+](=O)[O-]. The molecule has 3 rings (SSSR count). The fourth-order valence-corrected chi connectivity index (χ4v) is 4.49. The summed E-state index contributed by atoms with van der Waals surface area (Å²) in [7, 11) is -3.62. The number of amides is 2. The number of ether oxygens (including phenoxy) is 1. The number of benzene rings is 2. The van der Waals surface area contributed by atoms with Gasteiger partial charge >= 0.3 is 5.97 Å². The lowest BCUT2D eigenvalue weighted by Crippen LogP contribution is -2.46. The molecule has 11 nitrogen and oxygen atoms in total. The molecule has 190 valence electrons. The summed E-state index contributed by atoms with van der Waals surface area (Å²) in [6.45, 7) is 0.622. The topological polar surface area (TPSA) is 158 Å². The van der Waals surface area contributed by atoms with Crippen LogP contribution in [0.1, 0.15) is 43.1 Å². The number of rotatable bonds is 9. The molecule has 0 aliphatic carbocycles. The fraction of sp³-hybridized carbons (Fsp3) is 0.273. The van der Waals surface area contributed by atoms with Crippen molar-refractivity contribution in [2.24, 2.45) is 0 Å². The summed E-state index contributed by atoms with van der Waals surface area (Å²) in [5.74, 6) is -4.39. The van der Waals surface area contributed by atoms with Crippen molar-refractivity contribution < 1.29 is 37.3 Å². The molecule has 1 atom stereocenters. The number of carbonyl (C=O) groups is 4. The molecule has 1 heterocycles. The lowest BCUT2D eigenvalue weighted by atomic mass is 10.1. The van der Waals surface area contributed by atoms with Crippen LogP contribution in [0.15, 0.2) is 30.3 Å². The molecule has 0 saturated heterocycles. The van der Waals surface area contributed by atoms with E-state index >= 15 is 0 Å². The second-order valence-corrected chi connectivity index (χ2v) is 11.1. The van der Waals surface area contributed by atoms with E-state index in [0.29, 0.717) is 10.5 Å². The third-order valence-corrected chi connectivity index (χ3v) is 7.08. The first-order valence-corrected chi connectivity index (χ1v) is 13.0. The van der Waals surface area contributed by atoms with Gasteiger partial charge in [-0.05, 0) is 25.5 Å². The van der Waals surface area contributed by atoms with Gasteiger partial charge < -0.3 is 4.74 Å². The Morgan fingerprint density at radius 2 is 1.64 bits per heavy atom. The number of halogens is 2. The average Bonchev–Trinajstić information content (AvgIpc) is 3.01. The van der Waals surface area contributed by atoms with Crippen LogP contribution in [0, 0.1) is 17.0 Å². The van der Waals surface area contributed by atoms with Gasteiger partial charge in [0.05, 0.1) is 31.8 Å². The molecule has 0 saturated carbocycles. The highest BCUT2D eigenvalue weighted by atomic mass is 35.5. The van der Waals surface area contributed by atoms with Crippen LogP contribution in [0.2, 0.25) is 10.0 Å². The highest BCUT2D eigenvalue weighted by Crippen LogP contribution is 2.33. The molecule has 0 aromatic heterocycles. The van der Waals surface area contributed by atoms with E-state index in [1.165, 1.54) is 19.1 Å². The second kappa shape index (κ2) is 10.3. The smallest absolute Gasteiger partial charge is 0.329 e. The number of sulfone groups is 1. The maximum absolute atomic E-state index is 12.9. The summed E-state index contributed by atoms with van der Waals surface area (Å²) < 4.78 is 28.5. The lowest BCUT2D eigenvalue weighted by molar-refractivity contribution is -0.385. The quantitative estimate of drug-likeness (QED) is 0.149. The number of hydrogen-bond acceptors (Lipinski definition) is 9. The van der Waals surface area contributed by atoms with Crippen molar-refractivity contribution in [1.82, 2.24) is 4.90 Å². The van der Waals surface area contributed by atoms with E-state index in [1.807, 2.05) is 0 Å². The van der Waals surface area contributed by atoms with E-state index in [9.17, 15) is 37.7 Å². The van der Waals surface area contributed by atoms with E-state index in [4.69, 9.17) is 27.9 Å². The molecule has 0 fully saturated rings. The zero-order valence-corrected chi connectivity index (χ0v) is 21.1. The summed E-state index contributed by atoms with van der Waals surface area (Å²) in [4.78, 5) is 62.3. The summed E-state index contributed by atoms with van der Waals surface area (Å²) in [6.07, 6.45) is 0.417. The average molecular weight is 557 g/mol. The lowest BCUT2D eigenvalue weighted by Gasteiger charge is -2.24. The molecule has 2 aromatic carbocycles. The molecule has 0 bridgehead atoms. The number of fused-ring (bicyclic) bond motifs is 1. The van der Waals surface area contributed by atoms with Gasteiger partial charge in [-0.25, -0.2) is 13.2 Å². The van der Waals surface area contributed by atoms with Crippen LogP contribution in [0.3, 0.4) is 0 Å². The summed E-state index contributed by atoms with van der Waals surface area (Å²) >= 11 is 11.9. The van der Waals surface area contributed by atoms with Crippen molar-refractivity contribution in [1.29, 1.82) is 0 Å². The number of nitrogens with zero attached hydrogens (tertiary/aromatic N) is 2. The number of hydrogen-bond donors (Lipinski definition) is 0. The third-order valence-electron chi connectivity index (χ3n) is 5.38. The molecule has 1 aliphatic heterocycles. The first-order chi connectivity index (χ1) is 16.7. The van der Waals surface area contributed by atoms with Gasteiger partial charge in [0, 0.05) is 23.4 Å². The van der Waals surface area contributed by atoms with Crippen molar-refractivity contribution in [3.8, 4) is 0 Å². The van der Waals surface area contributed by atoms with E-state index < -0.39 is 63.1 Å². The molecule has 0 N–H and O–H groups in total. The fourth-order valence-electron chi connectivity index (χ4n) is 3.51. The van der Waals surface area contributed by atoms with Gasteiger partial charge in [-0.3, -0.25) is 29.4 Å². The number of nitro benzene ring substituents is 1. The van der Waals surface area contributed by atoms with E-state index in [2.05, 4.69) is 0 Å². The molecular formula is C22H18Cl2N2O9S. The van der Waals surface area contributed by atoms with Crippen LogP contribution >= 0.6 is 23.2 Å². The molecule has 2 amide bonds. The van der Waals surface area contributed by atoms with Gasteiger partial charge in [0.2, 0.25) is 5.78 Å². The molecule has 0 unspecified atom stereocenters. The monoisotopic (exact) mass is 556 g/mol. The van der Waals surface area contributed by atoms with Gasteiger partial charge in [-0.15, -0.1) is 0 Å². The molecule has 2 aromatic rings. The number of carbonyl (C=O) groups excluding carboxylic acids is 4. The Labute approximate surface area is 215 Å². The summed E-state index contributed by atoms with van der Waals surface area (Å²) in [6, 6.07) is 4.35. The number of nitro groups is 1. The maximum atomic E-state index is 12.9. The molecule has 0 radical (unpaired) electrons. The summed E-state index contributed by atoms with van der Waals surface area (Å²) in [5, 5.41) is 11.1. The van der Waals surface area contributed by atoms with Gasteiger partial charge in [-0.2, -0.15) is 0 Å². The van der Waals surface area contributed by atoms with Crippen molar-refractivity contribution >= 4 is 62.3 Å². The number of ketones is 1. The van der Waals surface area contributed by atoms with Crippen LogP contribution < -0.4 is 0 Å². The minimum Gasteiger partial charge on any atom is -0.456 e. The Morgan fingerprint density at radius 1 is 1.08 bits per heavy atom. The van der Waals surface area contributed by atoms with Crippen molar-refractivity contribution in [2.45, 2.75) is 19.4 Å². The maximum Gasteiger partial charge on any atom is 0.329 e. The number of Topliss-reactive ketones (excluding diaryl/α,β-unsaturated/α-hetero) is 1. The first kappa shape index (κ1) is 27.2. The van der Waals surface area contributed by atoms with Gasteiger partial charge in [0.25, 0.3) is 17.5 Å². The highest BCUT2D eigenvalue weighted by Gasteiger charge is 2.44. The van der Waals surface area contributed by atoms with Crippen LogP contribution in [0.25, 0.3) is 0 Å². The number of imide groups is 1. The van der Waals surface area contributed by atoms with E-state index in [1.54, 1.807) is 0 Å². The van der Waals surface area contributed by atoms with Crippen molar-refractivity contribution in [2.75, 3.05) is 18.6 Å². The number of esters is 1. The van der Waals surface area contributed by atoms with Gasteiger partial charge in [0.15, 0.2) is 6.61 Å². The Balaban J connectivity index is 1.85. The van der Waals surface area contributed by atoms with Crippen LogP contribution in [0.5, 0.6) is 0 Å². The zero-order valence-electron chi connectivity index (χ0n) is 18.8. The first-order valence-electron chi connectivity index (χ1n) is 10.2.